The molecule has 0 atom stereocenters. The Morgan fingerprint density at radius 3 is 2.11 bits per heavy atom. The number of alkyl halides is 3. The number of aromatic nitrogens is 3. The highest BCUT2D eigenvalue weighted by Gasteiger charge is 2.30. The van der Waals surface area contributed by atoms with E-state index in [9.17, 15) is 22.0 Å². The first kappa shape index (κ1) is 24.8. The second-order valence-corrected chi connectivity index (χ2v) is 7.46. The molecule has 1 aromatic heterocycles. The molecule has 3 aromatic carbocycles. The van der Waals surface area contributed by atoms with Crippen LogP contribution in [0, 0.1) is 11.6 Å². The number of nitrogens with one attached hydrogen (secondary N) is 2. The summed E-state index contributed by atoms with van der Waals surface area (Å²) in [4.78, 5) is 12.3. The average Bonchev–Trinajstić information content (AvgIpc) is 2.81. The molecule has 0 aliphatic rings. The summed E-state index contributed by atoms with van der Waals surface area (Å²) in [6.45, 7) is 0. The third-order valence-corrected chi connectivity index (χ3v) is 4.67. The number of hydrazone groups is 1. The first-order chi connectivity index (χ1) is 17.2. The summed E-state index contributed by atoms with van der Waals surface area (Å²) in [5.74, 6) is -2.66. The van der Waals surface area contributed by atoms with Gasteiger partial charge in [0.25, 0.3) is 0 Å². The Kier molecular flexibility index (Phi) is 7.25. The van der Waals surface area contributed by atoms with Gasteiger partial charge in [-0.1, -0.05) is 17.7 Å². The van der Waals surface area contributed by atoms with Crippen LogP contribution in [0.2, 0.25) is 5.02 Å². The van der Waals surface area contributed by atoms with Crippen LogP contribution in [0.4, 0.5) is 39.5 Å². The van der Waals surface area contributed by atoms with E-state index in [0.717, 1.165) is 24.3 Å². The Morgan fingerprint density at radius 2 is 1.47 bits per heavy atom. The molecule has 2 N–H and O–H groups in total. The summed E-state index contributed by atoms with van der Waals surface area (Å²) in [5.41, 5.74) is 3.02. The molecule has 7 nitrogen and oxygen atoms in total. The number of hydrogen-bond acceptors (Lipinski definition) is 7. The van der Waals surface area contributed by atoms with Crippen molar-refractivity contribution in [2.24, 2.45) is 5.10 Å². The zero-order valence-electron chi connectivity index (χ0n) is 17.9. The maximum absolute atomic E-state index is 14.4. The number of rotatable bonds is 7. The first-order valence-corrected chi connectivity index (χ1v) is 10.4. The molecule has 0 spiro atoms. The third-order valence-electron chi connectivity index (χ3n) is 4.41. The van der Waals surface area contributed by atoms with Crippen molar-refractivity contribution >= 4 is 35.4 Å². The maximum atomic E-state index is 14.4. The van der Waals surface area contributed by atoms with E-state index >= 15 is 0 Å². The molecule has 0 saturated heterocycles. The summed E-state index contributed by atoms with van der Waals surface area (Å²) in [6.07, 6.45) is -3.53. The van der Waals surface area contributed by atoms with Crippen molar-refractivity contribution in [2.45, 2.75) is 6.36 Å². The Bertz CT molecular complexity index is 1360. The monoisotopic (exact) mass is 520 g/mol. The van der Waals surface area contributed by atoms with Crippen LogP contribution in [-0.4, -0.2) is 27.5 Å². The van der Waals surface area contributed by atoms with Gasteiger partial charge in [0.05, 0.1) is 11.8 Å². The van der Waals surface area contributed by atoms with E-state index in [1.807, 2.05) is 0 Å². The number of benzene rings is 3. The van der Waals surface area contributed by atoms with Crippen molar-refractivity contribution in [2.75, 3.05) is 10.7 Å². The summed E-state index contributed by atoms with van der Waals surface area (Å²) in [5, 5.41) is 7.32. The maximum Gasteiger partial charge on any atom is 0.573 e. The third kappa shape index (κ3) is 6.63. The van der Waals surface area contributed by atoms with Crippen molar-refractivity contribution in [1.82, 2.24) is 15.0 Å². The predicted molar refractivity (Wildman–Crippen MR) is 124 cm³/mol. The Morgan fingerprint density at radius 1 is 0.833 bits per heavy atom. The van der Waals surface area contributed by atoms with Crippen LogP contribution < -0.4 is 15.5 Å². The van der Waals surface area contributed by atoms with Crippen LogP contribution in [0.25, 0.3) is 11.4 Å². The SMILES string of the molecule is Fc1cccc(F)c1-c1nc(N/N=C/c2ccc(OC(F)(F)F)cc2)nc(Nc2ccc(Cl)cc2)n1. The molecule has 36 heavy (non-hydrogen) atoms. The highest BCUT2D eigenvalue weighted by atomic mass is 35.5. The minimum Gasteiger partial charge on any atom is -0.406 e. The van der Waals surface area contributed by atoms with Crippen LogP contribution in [0.3, 0.4) is 0 Å². The van der Waals surface area contributed by atoms with Crippen LogP contribution in [-0.2, 0) is 0 Å². The molecule has 0 unspecified atom stereocenters. The zero-order valence-corrected chi connectivity index (χ0v) is 18.6. The number of nitrogens with zero attached hydrogens (tertiary/aromatic N) is 4. The molecule has 13 heteroatoms. The van der Waals surface area contributed by atoms with Crippen molar-refractivity contribution in [3.63, 3.8) is 0 Å². The van der Waals surface area contributed by atoms with E-state index < -0.39 is 23.6 Å². The minimum absolute atomic E-state index is 0.0451. The Balaban J connectivity index is 1.60. The van der Waals surface area contributed by atoms with Crippen molar-refractivity contribution in [1.29, 1.82) is 0 Å². The molecular weight excluding hydrogens is 507 g/mol. The summed E-state index contributed by atoms with van der Waals surface area (Å²) in [7, 11) is 0. The van der Waals surface area contributed by atoms with E-state index in [1.54, 1.807) is 24.3 Å². The van der Waals surface area contributed by atoms with E-state index in [0.29, 0.717) is 16.3 Å². The topological polar surface area (TPSA) is 84.3 Å². The molecule has 0 saturated carbocycles. The minimum atomic E-state index is -4.80. The fraction of sp³-hybridized carbons (Fsp3) is 0.0435. The first-order valence-electron chi connectivity index (χ1n) is 10.0. The summed E-state index contributed by atoms with van der Waals surface area (Å²) in [6, 6.07) is 14.8. The van der Waals surface area contributed by atoms with Crippen molar-refractivity contribution in [3.8, 4) is 17.1 Å². The van der Waals surface area contributed by atoms with E-state index in [4.69, 9.17) is 11.6 Å². The van der Waals surface area contributed by atoms with Gasteiger partial charge >= 0.3 is 6.36 Å². The van der Waals surface area contributed by atoms with Gasteiger partial charge in [-0.15, -0.1) is 13.2 Å². The molecule has 1 heterocycles. The van der Waals surface area contributed by atoms with Crippen LogP contribution in [0.1, 0.15) is 5.56 Å². The molecule has 4 aromatic rings. The molecule has 0 radical (unpaired) electrons. The lowest BCUT2D eigenvalue weighted by Gasteiger charge is -2.10. The molecule has 4 rings (SSSR count). The van der Waals surface area contributed by atoms with Gasteiger partial charge in [0.1, 0.15) is 17.4 Å². The predicted octanol–water partition coefficient (Wildman–Crippen LogP) is 6.56. The van der Waals surface area contributed by atoms with Gasteiger partial charge in [0.2, 0.25) is 11.9 Å². The van der Waals surface area contributed by atoms with Gasteiger partial charge in [-0.05, 0) is 66.2 Å². The lowest BCUT2D eigenvalue weighted by atomic mass is 10.2. The zero-order chi connectivity index (χ0) is 25.7. The highest BCUT2D eigenvalue weighted by molar-refractivity contribution is 6.30. The molecule has 0 amide bonds. The largest absolute Gasteiger partial charge is 0.573 e. The lowest BCUT2D eigenvalue weighted by Crippen LogP contribution is -2.17. The van der Waals surface area contributed by atoms with Gasteiger partial charge in [-0.3, -0.25) is 0 Å². The smallest absolute Gasteiger partial charge is 0.406 e. The molecule has 0 aliphatic heterocycles. The van der Waals surface area contributed by atoms with Crippen LogP contribution in [0.15, 0.2) is 71.8 Å². The summed E-state index contributed by atoms with van der Waals surface area (Å²) < 4.78 is 69.4. The molecule has 0 aliphatic carbocycles. The fourth-order valence-corrected chi connectivity index (χ4v) is 3.01. The van der Waals surface area contributed by atoms with Gasteiger partial charge in [-0.2, -0.15) is 20.1 Å². The summed E-state index contributed by atoms with van der Waals surface area (Å²) >= 11 is 5.89. The van der Waals surface area contributed by atoms with Gasteiger partial charge in [-0.25, -0.2) is 14.2 Å². The Hall–Kier alpha value is -4.32. The van der Waals surface area contributed by atoms with Gasteiger partial charge in [0.15, 0.2) is 5.82 Å². The number of ether oxygens (including phenoxy) is 1. The second-order valence-electron chi connectivity index (χ2n) is 7.02. The number of hydrogen-bond donors (Lipinski definition) is 2. The van der Waals surface area contributed by atoms with Gasteiger partial charge in [0, 0.05) is 10.7 Å². The Labute approximate surface area is 205 Å². The van der Waals surface area contributed by atoms with Crippen molar-refractivity contribution < 1.29 is 26.7 Å². The molecule has 184 valence electrons. The highest BCUT2D eigenvalue weighted by Crippen LogP contribution is 2.26. The standard InChI is InChI=1S/C23H14ClF5N6O/c24-14-6-8-15(9-7-14)31-21-32-20(19-17(25)2-1-3-18(19)26)33-22(34-21)35-30-12-13-4-10-16(11-5-13)36-23(27,28)29/h1-12H,(H2,31,32,33,34,35)/b30-12+. The average molecular weight is 521 g/mol. The van der Waals surface area contributed by atoms with Crippen molar-refractivity contribution in [3.05, 3.63) is 89.0 Å². The van der Waals surface area contributed by atoms with E-state index in [2.05, 4.69) is 35.5 Å². The van der Waals surface area contributed by atoms with Crippen LogP contribution >= 0.6 is 11.6 Å². The lowest BCUT2D eigenvalue weighted by molar-refractivity contribution is -0.274. The van der Waals surface area contributed by atoms with Crippen LogP contribution in [0.5, 0.6) is 5.75 Å². The van der Waals surface area contributed by atoms with E-state index in [1.165, 1.54) is 24.4 Å². The normalized spacial score (nSPS) is 11.5. The fourth-order valence-electron chi connectivity index (χ4n) is 2.89. The molecule has 0 bridgehead atoms. The molecule has 0 fully saturated rings. The van der Waals surface area contributed by atoms with Gasteiger partial charge < -0.3 is 10.1 Å². The second kappa shape index (κ2) is 10.5. The number of halogens is 6. The number of anilines is 3. The quantitative estimate of drug-likeness (QED) is 0.163. The van der Waals surface area contributed by atoms with E-state index in [-0.39, 0.29) is 23.5 Å². The molecular formula is C23H14ClF5N6O.